The average molecular weight is 433 g/mol. The molecule has 1 fully saturated rings. The van der Waals surface area contributed by atoms with Gasteiger partial charge in [0.25, 0.3) is 21.6 Å². The molecule has 1 atom stereocenters. The maximum atomic E-state index is 12.8. The van der Waals surface area contributed by atoms with Crippen LogP contribution >= 0.6 is 0 Å². The molecule has 1 N–H and O–H groups in total. The van der Waals surface area contributed by atoms with E-state index in [1.54, 1.807) is 17.0 Å². The van der Waals surface area contributed by atoms with Crippen LogP contribution in [0.4, 0.5) is 11.4 Å². The molecule has 0 bridgehead atoms. The Bertz CT molecular complexity index is 1020. The molecule has 30 heavy (non-hydrogen) atoms. The van der Waals surface area contributed by atoms with Crippen LogP contribution in [0.1, 0.15) is 23.7 Å². The first-order valence-electron chi connectivity index (χ1n) is 9.54. The van der Waals surface area contributed by atoms with Gasteiger partial charge in [-0.05, 0) is 43.7 Å². The van der Waals surface area contributed by atoms with Crippen molar-refractivity contribution in [2.75, 3.05) is 31.0 Å². The number of sulfonamides is 1. The largest absolute Gasteiger partial charge is 0.381 e. The van der Waals surface area contributed by atoms with Gasteiger partial charge in [-0.1, -0.05) is 6.07 Å². The third-order valence-corrected chi connectivity index (χ3v) is 6.27. The summed E-state index contributed by atoms with van der Waals surface area (Å²) in [4.78, 5) is 24.5. The number of benzene rings is 2. The highest BCUT2D eigenvalue weighted by atomic mass is 32.2. The second-order valence-electron chi connectivity index (χ2n) is 7.01. The van der Waals surface area contributed by atoms with Crippen molar-refractivity contribution >= 4 is 27.3 Å². The van der Waals surface area contributed by atoms with Crippen molar-refractivity contribution in [3.05, 3.63) is 64.2 Å². The first-order chi connectivity index (χ1) is 14.3. The molecule has 1 heterocycles. The molecule has 160 valence electrons. The molecular formula is C20H23N3O6S. The Balaban J connectivity index is 1.71. The highest BCUT2D eigenvalue weighted by Crippen LogP contribution is 2.21. The Morgan fingerprint density at radius 2 is 2.00 bits per heavy atom. The van der Waals surface area contributed by atoms with Gasteiger partial charge in [0.05, 0.1) is 16.4 Å². The molecule has 9 nitrogen and oxygen atoms in total. The average Bonchev–Trinajstić information content (AvgIpc) is 3.25. The normalized spacial score (nSPS) is 16.2. The molecule has 0 saturated carbocycles. The van der Waals surface area contributed by atoms with Crippen LogP contribution in [0, 0.1) is 16.0 Å². The molecule has 1 unspecified atom stereocenters. The van der Waals surface area contributed by atoms with E-state index in [2.05, 4.69) is 4.72 Å². The molecule has 0 spiro atoms. The number of amides is 1. The lowest BCUT2D eigenvalue weighted by atomic mass is 10.1. The lowest BCUT2D eigenvalue weighted by Crippen LogP contribution is -2.35. The molecule has 3 rings (SSSR count). The Hall–Kier alpha value is -2.98. The van der Waals surface area contributed by atoms with Gasteiger partial charge in [-0.2, -0.15) is 0 Å². The van der Waals surface area contributed by atoms with E-state index in [-0.39, 0.29) is 22.2 Å². The van der Waals surface area contributed by atoms with E-state index >= 15 is 0 Å². The van der Waals surface area contributed by atoms with E-state index in [0.29, 0.717) is 31.2 Å². The number of nitrogens with zero attached hydrogens (tertiary/aromatic N) is 2. The molecule has 10 heteroatoms. The number of anilines is 1. The molecule has 1 saturated heterocycles. The number of hydrogen-bond donors (Lipinski definition) is 1. The number of ether oxygens (including phenoxy) is 1. The van der Waals surface area contributed by atoms with Crippen molar-refractivity contribution in [2.45, 2.75) is 18.2 Å². The van der Waals surface area contributed by atoms with Crippen molar-refractivity contribution in [1.29, 1.82) is 0 Å². The summed E-state index contributed by atoms with van der Waals surface area (Å²) < 4.78 is 32.8. The number of nitro benzene ring substituents is 1. The van der Waals surface area contributed by atoms with Crippen molar-refractivity contribution in [1.82, 2.24) is 4.90 Å². The first kappa shape index (κ1) is 21.7. The van der Waals surface area contributed by atoms with E-state index < -0.39 is 14.9 Å². The van der Waals surface area contributed by atoms with E-state index in [1.165, 1.54) is 30.3 Å². The van der Waals surface area contributed by atoms with Gasteiger partial charge in [-0.3, -0.25) is 19.6 Å². The van der Waals surface area contributed by atoms with E-state index in [9.17, 15) is 23.3 Å². The number of nitrogens with one attached hydrogen (secondary N) is 1. The fourth-order valence-electron chi connectivity index (χ4n) is 3.24. The quantitative estimate of drug-likeness (QED) is 0.505. The first-order valence-corrected chi connectivity index (χ1v) is 11.0. The lowest BCUT2D eigenvalue weighted by Gasteiger charge is -2.24. The molecule has 0 aliphatic carbocycles. The van der Waals surface area contributed by atoms with Crippen LogP contribution in [0.2, 0.25) is 0 Å². The van der Waals surface area contributed by atoms with Gasteiger partial charge in [0.15, 0.2) is 0 Å². The van der Waals surface area contributed by atoms with Crippen LogP contribution in [0.3, 0.4) is 0 Å². The number of hydrogen-bond acceptors (Lipinski definition) is 6. The summed E-state index contributed by atoms with van der Waals surface area (Å²) in [6.45, 7) is 4.47. The zero-order chi connectivity index (χ0) is 21.7. The number of carbonyl (C=O) groups is 1. The Morgan fingerprint density at radius 3 is 2.60 bits per heavy atom. The molecule has 1 aliphatic heterocycles. The van der Waals surface area contributed by atoms with Gasteiger partial charge in [0.2, 0.25) is 0 Å². The van der Waals surface area contributed by atoms with E-state index in [1.807, 2.05) is 6.92 Å². The van der Waals surface area contributed by atoms with Gasteiger partial charge in [0, 0.05) is 49.0 Å². The summed E-state index contributed by atoms with van der Waals surface area (Å²) in [6, 6.07) is 10.9. The third kappa shape index (κ3) is 5.14. The van der Waals surface area contributed by atoms with Crippen LogP contribution in [0.15, 0.2) is 53.4 Å². The Labute approximate surface area is 174 Å². The standard InChI is InChI=1S/C20H23N3O6S/c1-2-22(13-15-10-11-29-14-15)20(24)16-6-8-17(9-7-16)21-30(27,28)19-5-3-4-18(12-19)23(25)26/h3-9,12,15,21H,2,10-11,13-14H2,1H3. The highest BCUT2D eigenvalue weighted by Gasteiger charge is 2.23. The Morgan fingerprint density at radius 1 is 1.27 bits per heavy atom. The van der Waals surface area contributed by atoms with E-state index in [0.717, 1.165) is 19.1 Å². The molecular weight excluding hydrogens is 410 g/mol. The molecule has 0 radical (unpaired) electrons. The zero-order valence-electron chi connectivity index (χ0n) is 16.5. The third-order valence-electron chi connectivity index (χ3n) is 4.89. The summed E-state index contributed by atoms with van der Waals surface area (Å²) in [5, 5.41) is 10.9. The predicted octanol–water partition coefficient (Wildman–Crippen LogP) is 2.89. The van der Waals surface area contributed by atoms with Crippen molar-refractivity contribution in [3.8, 4) is 0 Å². The molecule has 0 aromatic heterocycles. The maximum Gasteiger partial charge on any atom is 0.270 e. The topological polar surface area (TPSA) is 119 Å². The van der Waals surface area contributed by atoms with Crippen molar-refractivity contribution < 1.29 is 22.9 Å². The minimum atomic E-state index is -4.00. The van der Waals surface area contributed by atoms with Gasteiger partial charge in [-0.15, -0.1) is 0 Å². The summed E-state index contributed by atoms with van der Waals surface area (Å²) in [5.74, 6) is 0.201. The minimum Gasteiger partial charge on any atom is -0.381 e. The maximum absolute atomic E-state index is 12.8. The second-order valence-corrected chi connectivity index (χ2v) is 8.69. The smallest absolute Gasteiger partial charge is 0.270 e. The van der Waals surface area contributed by atoms with Crippen molar-refractivity contribution in [3.63, 3.8) is 0 Å². The van der Waals surface area contributed by atoms with Gasteiger partial charge in [0.1, 0.15) is 0 Å². The van der Waals surface area contributed by atoms with E-state index in [4.69, 9.17) is 4.74 Å². The van der Waals surface area contributed by atoms with Gasteiger partial charge >= 0.3 is 0 Å². The predicted molar refractivity (Wildman–Crippen MR) is 111 cm³/mol. The van der Waals surface area contributed by atoms with Crippen LogP contribution in [-0.4, -0.2) is 50.5 Å². The van der Waals surface area contributed by atoms with Crippen molar-refractivity contribution in [2.24, 2.45) is 5.92 Å². The Kier molecular flexibility index (Phi) is 6.68. The summed E-state index contributed by atoms with van der Waals surface area (Å²) >= 11 is 0. The van der Waals surface area contributed by atoms with Crippen LogP contribution in [-0.2, 0) is 14.8 Å². The van der Waals surface area contributed by atoms with Crippen LogP contribution < -0.4 is 4.72 Å². The molecule has 2 aromatic rings. The number of rotatable bonds is 8. The summed E-state index contributed by atoms with van der Waals surface area (Å²) in [6.07, 6.45) is 0.933. The van der Waals surface area contributed by atoms with Crippen LogP contribution in [0.5, 0.6) is 0 Å². The number of carbonyl (C=O) groups excluding carboxylic acids is 1. The monoisotopic (exact) mass is 433 g/mol. The SMILES string of the molecule is CCN(CC1CCOC1)C(=O)c1ccc(NS(=O)(=O)c2cccc([N+](=O)[O-])c2)cc1. The zero-order valence-corrected chi connectivity index (χ0v) is 17.3. The fourth-order valence-corrected chi connectivity index (χ4v) is 4.33. The second kappa shape index (κ2) is 9.23. The lowest BCUT2D eigenvalue weighted by molar-refractivity contribution is -0.385. The minimum absolute atomic E-state index is 0.127. The van der Waals surface area contributed by atoms with Crippen LogP contribution in [0.25, 0.3) is 0 Å². The number of nitro groups is 1. The van der Waals surface area contributed by atoms with Gasteiger partial charge < -0.3 is 9.64 Å². The van der Waals surface area contributed by atoms with Gasteiger partial charge in [-0.25, -0.2) is 8.42 Å². The molecule has 2 aromatic carbocycles. The fraction of sp³-hybridized carbons (Fsp3) is 0.350. The number of non-ortho nitro benzene ring substituents is 1. The molecule has 1 amide bonds. The molecule has 1 aliphatic rings. The summed E-state index contributed by atoms with van der Waals surface area (Å²) in [7, 11) is -4.00. The summed E-state index contributed by atoms with van der Waals surface area (Å²) in [5.41, 5.74) is 0.394. The highest BCUT2D eigenvalue weighted by molar-refractivity contribution is 7.92.